The maximum atomic E-state index is 12.5. The third-order valence-corrected chi connectivity index (χ3v) is 5.16. The molecule has 1 aliphatic rings. The van der Waals surface area contributed by atoms with E-state index in [4.69, 9.17) is 9.47 Å². The minimum Gasteiger partial charge on any atom is -0.490 e. The Morgan fingerprint density at radius 3 is 2.70 bits per heavy atom. The Hall–Kier alpha value is -3.13. The van der Waals surface area contributed by atoms with Gasteiger partial charge in [-0.1, -0.05) is 15.9 Å². The van der Waals surface area contributed by atoms with E-state index in [9.17, 15) is 9.59 Å². The molecule has 4 rings (SSSR count). The van der Waals surface area contributed by atoms with Crippen LogP contribution in [0.2, 0.25) is 0 Å². The molecule has 0 unspecified atom stereocenters. The minimum absolute atomic E-state index is 0.188. The van der Waals surface area contributed by atoms with Gasteiger partial charge in [0, 0.05) is 28.2 Å². The summed E-state index contributed by atoms with van der Waals surface area (Å²) in [7, 11) is 0. The van der Waals surface area contributed by atoms with E-state index in [1.165, 1.54) is 6.07 Å². The molecule has 0 atom stereocenters. The molecule has 1 aliphatic heterocycles. The Morgan fingerprint density at radius 2 is 1.90 bits per heavy atom. The molecule has 0 saturated heterocycles. The molecule has 8 heteroatoms. The van der Waals surface area contributed by atoms with Gasteiger partial charge in [0.1, 0.15) is 6.54 Å². The molecule has 7 nitrogen and oxygen atoms in total. The monoisotopic (exact) mass is 469 g/mol. The van der Waals surface area contributed by atoms with Crippen LogP contribution in [0.5, 0.6) is 11.5 Å². The molecule has 0 spiro atoms. The summed E-state index contributed by atoms with van der Waals surface area (Å²) < 4.78 is 13.5. The zero-order chi connectivity index (χ0) is 21.1. The second-order valence-electron chi connectivity index (χ2n) is 6.93. The van der Waals surface area contributed by atoms with E-state index in [-0.39, 0.29) is 18.0 Å². The Kier molecular flexibility index (Phi) is 5.85. The summed E-state index contributed by atoms with van der Waals surface area (Å²) in [6, 6.07) is 14.1. The van der Waals surface area contributed by atoms with Gasteiger partial charge in [0.25, 0.3) is 5.56 Å². The molecule has 0 radical (unpaired) electrons. The van der Waals surface area contributed by atoms with E-state index < -0.39 is 0 Å². The smallest absolute Gasteiger partial charge is 0.267 e. The summed E-state index contributed by atoms with van der Waals surface area (Å²) in [5, 5.41) is 7.20. The fraction of sp³-hybridized carbons (Fsp3) is 0.227. The number of rotatable bonds is 4. The van der Waals surface area contributed by atoms with Crippen molar-refractivity contribution in [1.82, 2.24) is 9.78 Å². The molecule has 30 heavy (non-hydrogen) atoms. The predicted octanol–water partition coefficient (Wildman–Crippen LogP) is 3.78. The van der Waals surface area contributed by atoms with Gasteiger partial charge in [-0.2, -0.15) is 5.10 Å². The summed E-state index contributed by atoms with van der Waals surface area (Å²) in [4.78, 5) is 24.7. The van der Waals surface area contributed by atoms with Crippen LogP contribution in [0, 0.1) is 6.92 Å². The lowest BCUT2D eigenvalue weighted by atomic mass is 10.1. The van der Waals surface area contributed by atoms with E-state index in [2.05, 4.69) is 26.3 Å². The van der Waals surface area contributed by atoms with Crippen molar-refractivity contribution in [3.8, 4) is 22.8 Å². The van der Waals surface area contributed by atoms with Gasteiger partial charge < -0.3 is 14.8 Å². The van der Waals surface area contributed by atoms with Crippen LogP contribution in [-0.4, -0.2) is 28.9 Å². The lowest BCUT2D eigenvalue weighted by molar-refractivity contribution is -0.117. The molecule has 2 heterocycles. The number of amides is 1. The van der Waals surface area contributed by atoms with Crippen LogP contribution in [-0.2, 0) is 11.3 Å². The van der Waals surface area contributed by atoms with Crippen molar-refractivity contribution in [3.05, 3.63) is 68.9 Å². The van der Waals surface area contributed by atoms with Crippen LogP contribution in [0.4, 0.5) is 5.69 Å². The van der Waals surface area contributed by atoms with Crippen LogP contribution in [0.25, 0.3) is 11.3 Å². The van der Waals surface area contributed by atoms with Crippen LogP contribution in [0.15, 0.2) is 57.8 Å². The maximum Gasteiger partial charge on any atom is 0.267 e. The number of anilines is 1. The number of aromatic nitrogens is 2. The van der Waals surface area contributed by atoms with E-state index in [0.717, 1.165) is 26.7 Å². The highest BCUT2D eigenvalue weighted by molar-refractivity contribution is 9.10. The number of hydrogen-bond acceptors (Lipinski definition) is 5. The molecular weight excluding hydrogens is 450 g/mol. The standard InChI is InChI=1S/C22H20BrN3O4/c1-14-11-16(23)4-5-17(14)24-21(27)13-26-22(28)8-6-18(25-26)15-3-7-19-20(12-15)30-10-2-9-29-19/h3-8,11-12H,2,9-10,13H2,1H3,(H,24,27). The average molecular weight is 470 g/mol. The van der Waals surface area contributed by atoms with Gasteiger partial charge in [-0.3, -0.25) is 9.59 Å². The number of ether oxygens (including phenoxy) is 2. The number of hydrogen-bond donors (Lipinski definition) is 1. The largest absolute Gasteiger partial charge is 0.490 e. The molecule has 1 aromatic heterocycles. The summed E-state index contributed by atoms with van der Waals surface area (Å²) in [5.74, 6) is 1.01. The van der Waals surface area contributed by atoms with Crippen molar-refractivity contribution in [2.45, 2.75) is 19.9 Å². The fourth-order valence-electron chi connectivity index (χ4n) is 3.13. The molecule has 3 aromatic rings. The first-order valence-electron chi connectivity index (χ1n) is 9.54. The number of halogens is 1. The first-order chi connectivity index (χ1) is 14.5. The predicted molar refractivity (Wildman–Crippen MR) is 117 cm³/mol. The number of aryl methyl sites for hydroxylation is 1. The Balaban J connectivity index is 1.55. The lowest BCUT2D eigenvalue weighted by Crippen LogP contribution is -2.29. The molecule has 1 N–H and O–H groups in total. The summed E-state index contributed by atoms with van der Waals surface area (Å²) in [5.41, 5.74) is 2.60. The van der Waals surface area contributed by atoms with E-state index in [1.54, 1.807) is 6.07 Å². The van der Waals surface area contributed by atoms with Crippen LogP contribution in [0.3, 0.4) is 0 Å². The van der Waals surface area contributed by atoms with Crippen LogP contribution < -0.4 is 20.3 Å². The highest BCUT2D eigenvalue weighted by Crippen LogP contribution is 2.33. The lowest BCUT2D eigenvalue weighted by Gasteiger charge is -2.11. The quantitative estimate of drug-likeness (QED) is 0.628. The van der Waals surface area contributed by atoms with Gasteiger partial charge in [0.05, 0.1) is 18.9 Å². The highest BCUT2D eigenvalue weighted by atomic mass is 79.9. The second-order valence-corrected chi connectivity index (χ2v) is 7.85. The first-order valence-corrected chi connectivity index (χ1v) is 10.3. The Morgan fingerprint density at radius 1 is 1.10 bits per heavy atom. The summed E-state index contributed by atoms with van der Waals surface area (Å²) in [6.45, 7) is 2.91. The fourth-order valence-corrected chi connectivity index (χ4v) is 3.61. The molecular formula is C22H20BrN3O4. The van der Waals surface area contributed by atoms with Crippen molar-refractivity contribution < 1.29 is 14.3 Å². The second kappa shape index (κ2) is 8.71. The molecule has 0 bridgehead atoms. The van der Waals surface area contributed by atoms with Crippen molar-refractivity contribution in [2.24, 2.45) is 0 Å². The average Bonchev–Trinajstić information content (AvgIpc) is 2.96. The van der Waals surface area contributed by atoms with E-state index >= 15 is 0 Å². The zero-order valence-corrected chi connectivity index (χ0v) is 17.9. The number of fused-ring (bicyclic) bond motifs is 1. The van der Waals surface area contributed by atoms with E-state index in [0.29, 0.717) is 36.1 Å². The van der Waals surface area contributed by atoms with Crippen LogP contribution in [0.1, 0.15) is 12.0 Å². The summed E-state index contributed by atoms with van der Waals surface area (Å²) in [6.07, 6.45) is 0.820. The van der Waals surface area contributed by atoms with Gasteiger partial charge >= 0.3 is 0 Å². The molecule has 2 aromatic carbocycles. The number of benzene rings is 2. The van der Waals surface area contributed by atoms with Crippen molar-refractivity contribution in [2.75, 3.05) is 18.5 Å². The molecule has 0 fully saturated rings. The van der Waals surface area contributed by atoms with Gasteiger partial charge in [-0.25, -0.2) is 4.68 Å². The van der Waals surface area contributed by atoms with Crippen molar-refractivity contribution in [3.63, 3.8) is 0 Å². The number of nitrogens with one attached hydrogen (secondary N) is 1. The normalized spacial score (nSPS) is 12.9. The maximum absolute atomic E-state index is 12.5. The first kappa shape index (κ1) is 20.2. The third kappa shape index (κ3) is 4.54. The summed E-state index contributed by atoms with van der Waals surface area (Å²) >= 11 is 3.40. The van der Waals surface area contributed by atoms with E-state index in [1.807, 2.05) is 43.3 Å². The van der Waals surface area contributed by atoms with Gasteiger partial charge in [-0.05, 0) is 55.0 Å². The minimum atomic E-state index is -0.351. The van der Waals surface area contributed by atoms with Crippen LogP contribution >= 0.6 is 15.9 Å². The Labute approximate surface area is 181 Å². The molecule has 1 amide bonds. The van der Waals surface area contributed by atoms with Gasteiger partial charge in [0.15, 0.2) is 11.5 Å². The number of carbonyl (C=O) groups excluding carboxylic acids is 1. The van der Waals surface area contributed by atoms with Crippen molar-refractivity contribution in [1.29, 1.82) is 0 Å². The Bertz CT molecular complexity index is 1160. The van der Waals surface area contributed by atoms with Gasteiger partial charge in [-0.15, -0.1) is 0 Å². The van der Waals surface area contributed by atoms with Crippen molar-refractivity contribution >= 4 is 27.5 Å². The molecule has 0 saturated carbocycles. The zero-order valence-electron chi connectivity index (χ0n) is 16.4. The topological polar surface area (TPSA) is 82.5 Å². The molecule has 154 valence electrons. The number of nitrogens with zero attached hydrogens (tertiary/aromatic N) is 2. The molecule has 0 aliphatic carbocycles. The van der Waals surface area contributed by atoms with Gasteiger partial charge in [0.2, 0.25) is 5.91 Å². The number of carbonyl (C=O) groups is 1. The third-order valence-electron chi connectivity index (χ3n) is 4.67. The SMILES string of the molecule is Cc1cc(Br)ccc1NC(=O)Cn1nc(-c2ccc3c(c2)OCCCO3)ccc1=O. The highest BCUT2D eigenvalue weighted by Gasteiger charge is 2.14.